The van der Waals surface area contributed by atoms with Crippen LogP contribution in [-0.2, 0) is 4.74 Å². The topological polar surface area (TPSA) is 95.7 Å². The molecule has 8 heteroatoms. The molecule has 2 unspecified atom stereocenters. The molecule has 1 aliphatic rings. The van der Waals surface area contributed by atoms with Gasteiger partial charge in [0.15, 0.2) is 11.5 Å². The van der Waals surface area contributed by atoms with Crippen LogP contribution >= 0.6 is 0 Å². The van der Waals surface area contributed by atoms with Gasteiger partial charge in [-0.15, -0.1) is 0 Å². The van der Waals surface area contributed by atoms with Crippen molar-refractivity contribution in [2.45, 2.75) is 25.8 Å². The Morgan fingerprint density at radius 2 is 2.36 bits per heavy atom. The molecule has 1 saturated heterocycles. The van der Waals surface area contributed by atoms with Crippen molar-refractivity contribution in [2.24, 2.45) is 0 Å². The minimum absolute atomic E-state index is 0.229. The summed E-state index contributed by atoms with van der Waals surface area (Å²) in [5, 5.41) is 21.7. The second kappa shape index (κ2) is 6.18. The molecule has 128 valence electrons. The van der Waals surface area contributed by atoms with E-state index in [-0.39, 0.29) is 12.0 Å². The van der Waals surface area contributed by atoms with Gasteiger partial charge >= 0.3 is 0 Å². The lowest BCUT2D eigenvalue weighted by atomic mass is 10.0. The predicted molar refractivity (Wildman–Crippen MR) is 92.7 cm³/mol. The molecule has 1 fully saturated rings. The molecule has 0 bridgehead atoms. The Hall–Kier alpha value is -2.92. The highest BCUT2D eigenvalue weighted by atomic mass is 16.5. The number of nitrogens with zero attached hydrogens (tertiary/aromatic N) is 6. The smallest absolute Gasteiger partial charge is 0.167 e. The van der Waals surface area contributed by atoms with E-state index in [1.165, 1.54) is 0 Å². The minimum atomic E-state index is -0.250. The number of nitriles is 1. The van der Waals surface area contributed by atoms with E-state index in [4.69, 9.17) is 9.72 Å². The van der Waals surface area contributed by atoms with Crippen LogP contribution in [0.1, 0.15) is 25.3 Å². The van der Waals surface area contributed by atoms with Crippen LogP contribution in [0.4, 0.5) is 5.82 Å². The number of H-pyrrole nitrogens is 1. The van der Waals surface area contributed by atoms with Crippen molar-refractivity contribution in [2.75, 3.05) is 24.7 Å². The number of nitrogens with one attached hydrogen (secondary N) is 1. The first kappa shape index (κ1) is 15.6. The molecule has 0 amide bonds. The summed E-state index contributed by atoms with van der Waals surface area (Å²) in [6, 6.07) is 6.41. The van der Waals surface area contributed by atoms with E-state index >= 15 is 0 Å². The van der Waals surface area contributed by atoms with Crippen LogP contribution in [0.15, 0.2) is 24.5 Å². The van der Waals surface area contributed by atoms with Gasteiger partial charge in [0, 0.05) is 18.0 Å². The van der Waals surface area contributed by atoms with E-state index in [0.29, 0.717) is 13.2 Å². The molecule has 0 aromatic carbocycles. The number of aromatic amines is 1. The molecule has 4 heterocycles. The summed E-state index contributed by atoms with van der Waals surface area (Å²) in [4.78, 5) is 7.08. The fraction of sp³-hybridized carbons (Fsp3) is 0.412. The Morgan fingerprint density at radius 1 is 1.48 bits per heavy atom. The Labute approximate surface area is 145 Å². The highest BCUT2D eigenvalue weighted by Crippen LogP contribution is 2.30. The van der Waals surface area contributed by atoms with Gasteiger partial charge in [-0.2, -0.15) is 20.1 Å². The lowest BCUT2D eigenvalue weighted by molar-refractivity contribution is 0.0985. The standard InChI is InChI=1S/C17H19N7O/c1-11(8-18)13-7-16(23-5-6-25-10-12(23)2)21-17-14(13)9-20-24(17)15-3-4-19-22-15/h3-4,7,9,11-12H,5-6,10H2,1-2H3,(H,19,22). The minimum Gasteiger partial charge on any atom is -0.377 e. The third kappa shape index (κ3) is 2.62. The van der Waals surface area contributed by atoms with Crippen LogP contribution in [-0.4, -0.2) is 50.8 Å². The lowest BCUT2D eigenvalue weighted by Crippen LogP contribution is -2.44. The summed E-state index contributed by atoms with van der Waals surface area (Å²) in [6.45, 7) is 6.13. The second-order valence-corrected chi connectivity index (χ2v) is 6.27. The summed E-state index contributed by atoms with van der Waals surface area (Å²) in [6.07, 6.45) is 3.44. The largest absolute Gasteiger partial charge is 0.377 e. The quantitative estimate of drug-likeness (QED) is 0.785. The molecule has 1 aliphatic heterocycles. The fourth-order valence-corrected chi connectivity index (χ4v) is 3.20. The van der Waals surface area contributed by atoms with Gasteiger partial charge in [-0.25, -0.2) is 4.98 Å². The summed E-state index contributed by atoms with van der Waals surface area (Å²) in [5.41, 5.74) is 1.66. The Bertz CT molecular complexity index is 925. The normalized spacial score (nSPS) is 19.1. The summed E-state index contributed by atoms with van der Waals surface area (Å²) >= 11 is 0. The molecular formula is C17H19N7O. The maximum absolute atomic E-state index is 9.44. The molecule has 0 spiro atoms. The van der Waals surface area contributed by atoms with Gasteiger partial charge in [-0.3, -0.25) is 5.10 Å². The number of hydrogen-bond acceptors (Lipinski definition) is 6. The lowest BCUT2D eigenvalue weighted by Gasteiger charge is -2.34. The highest BCUT2D eigenvalue weighted by molar-refractivity contribution is 5.83. The second-order valence-electron chi connectivity index (χ2n) is 6.27. The summed E-state index contributed by atoms with van der Waals surface area (Å²) < 4.78 is 7.26. The zero-order valence-corrected chi connectivity index (χ0v) is 14.2. The van der Waals surface area contributed by atoms with Crippen molar-refractivity contribution in [3.05, 3.63) is 30.1 Å². The zero-order chi connectivity index (χ0) is 17.4. The van der Waals surface area contributed by atoms with Crippen molar-refractivity contribution in [3.8, 4) is 11.9 Å². The van der Waals surface area contributed by atoms with Gasteiger partial charge in [0.1, 0.15) is 5.82 Å². The van der Waals surface area contributed by atoms with Gasteiger partial charge in [-0.1, -0.05) is 0 Å². The maximum Gasteiger partial charge on any atom is 0.167 e. The average Bonchev–Trinajstić information content (AvgIpc) is 3.29. The van der Waals surface area contributed by atoms with E-state index in [1.54, 1.807) is 17.1 Å². The molecule has 0 radical (unpaired) electrons. The molecule has 8 nitrogen and oxygen atoms in total. The van der Waals surface area contributed by atoms with Gasteiger partial charge in [0.2, 0.25) is 0 Å². The van der Waals surface area contributed by atoms with E-state index in [1.807, 2.05) is 19.1 Å². The van der Waals surface area contributed by atoms with E-state index in [0.717, 1.165) is 34.8 Å². The van der Waals surface area contributed by atoms with E-state index in [2.05, 4.69) is 33.2 Å². The predicted octanol–water partition coefficient (Wildman–Crippen LogP) is 2.00. The van der Waals surface area contributed by atoms with E-state index < -0.39 is 0 Å². The first-order chi connectivity index (χ1) is 12.2. The van der Waals surface area contributed by atoms with Gasteiger partial charge < -0.3 is 9.64 Å². The van der Waals surface area contributed by atoms with Crippen molar-refractivity contribution < 1.29 is 4.74 Å². The van der Waals surface area contributed by atoms with Crippen molar-refractivity contribution in [1.29, 1.82) is 5.26 Å². The number of aromatic nitrogens is 5. The number of pyridine rings is 1. The first-order valence-corrected chi connectivity index (χ1v) is 8.31. The van der Waals surface area contributed by atoms with Gasteiger partial charge in [0.05, 0.1) is 43.6 Å². The molecule has 25 heavy (non-hydrogen) atoms. The van der Waals surface area contributed by atoms with Crippen LogP contribution in [0.25, 0.3) is 16.9 Å². The molecule has 1 N–H and O–H groups in total. The number of fused-ring (bicyclic) bond motifs is 1. The first-order valence-electron chi connectivity index (χ1n) is 8.31. The number of rotatable bonds is 3. The Kier molecular flexibility index (Phi) is 3.86. The van der Waals surface area contributed by atoms with Crippen molar-refractivity contribution in [1.82, 2.24) is 25.0 Å². The number of anilines is 1. The van der Waals surface area contributed by atoms with Crippen molar-refractivity contribution >= 4 is 16.9 Å². The van der Waals surface area contributed by atoms with Gasteiger partial charge in [-0.05, 0) is 25.5 Å². The van der Waals surface area contributed by atoms with Crippen molar-refractivity contribution in [3.63, 3.8) is 0 Å². The Balaban J connectivity index is 1.92. The highest BCUT2D eigenvalue weighted by Gasteiger charge is 2.24. The molecular weight excluding hydrogens is 318 g/mol. The van der Waals surface area contributed by atoms with Crippen LogP contribution < -0.4 is 4.90 Å². The molecule has 3 aromatic heterocycles. The molecule has 4 rings (SSSR count). The molecule has 0 aliphatic carbocycles. The van der Waals surface area contributed by atoms with Gasteiger partial charge in [0.25, 0.3) is 0 Å². The Morgan fingerprint density at radius 3 is 3.08 bits per heavy atom. The molecule has 2 atom stereocenters. The number of morpholine rings is 1. The zero-order valence-electron chi connectivity index (χ0n) is 14.2. The number of hydrogen-bond donors (Lipinski definition) is 1. The SMILES string of the molecule is CC(C#N)c1cc(N2CCOCC2C)nc2c1cnn2-c1ccn[nH]1. The molecule has 3 aromatic rings. The fourth-order valence-electron chi connectivity index (χ4n) is 3.20. The van der Waals surface area contributed by atoms with Crippen LogP contribution in [0.2, 0.25) is 0 Å². The average molecular weight is 337 g/mol. The third-order valence-electron chi connectivity index (χ3n) is 4.60. The summed E-state index contributed by atoms with van der Waals surface area (Å²) in [7, 11) is 0. The van der Waals surface area contributed by atoms with E-state index in [9.17, 15) is 5.26 Å². The number of ether oxygens (including phenoxy) is 1. The maximum atomic E-state index is 9.44. The van der Waals surface area contributed by atoms with Crippen LogP contribution in [0.3, 0.4) is 0 Å². The third-order valence-corrected chi connectivity index (χ3v) is 4.60. The summed E-state index contributed by atoms with van der Waals surface area (Å²) in [5.74, 6) is 1.34. The monoisotopic (exact) mass is 337 g/mol. The van der Waals surface area contributed by atoms with Crippen LogP contribution in [0, 0.1) is 11.3 Å². The molecule has 0 saturated carbocycles. The van der Waals surface area contributed by atoms with Crippen LogP contribution in [0.5, 0.6) is 0 Å².